The van der Waals surface area contributed by atoms with Gasteiger partial charge in [0, 0.05) is 11.3 Å². The maximum atomic E-state index is 14.4. The number of hydrogen-bond donors (Lipinski definition) is 1. The van der Waals surface area contributed by atoms with Gasteiger partial charge < -0.3 is 19.7 Å². The smallest absolute Gasteiger partial charge is 0.408 e. The van der Waals surface area contributed by atoms with Crippen molar-refractivity contribution in [2.45, 2.75) is 64.2 Å². The Kier molecular flexibility index (Phi) is 7.39. The maximum absolute atomic E-state index is 14.4. The van der Waals surface area contributed by atoms with Gasteiger partial charge in [-0.2, -0.15) is 0 Å². The van der Waals surface area contributed by atoms with Crippen LogP contribution in [0.25, 0.3) is 0 Å². The van der Waals surface area contributed by atoms with Crippen LogP contribution in [-0.2, 0) is 19.1 Å². The SMILES string of the molecule is CC(C)(C)OC(=O)NCC(=O)N1C(C(=O)OC(C)(C)C)CSC1c1ccccc1F. The predicted molar refractivity (Wildman–Crippen MR) is 112 cm³/mol. The maximum Gasteiger partial charge on any atom is 0.408 e. The zero-order valence-electron chi connectivity index (χ0n) is 18.2. The molecular formula is C21H29FN2O5S. The van der Waals surface area contributed by atoms with Gasteiger partial charge in [-0.25, -0.2) is 14.0 Å². The molecule has 1 saturated heterocycles. The standard InChI is InChI=1S/C21H29FN2O5S/c1-20(2,3)28-18(26)15-12-30-17(13-9-7-8-10-14(13)22)24(15)16(25)11-23-19(27)29-21(4,5)6/h7-10,15,17H,11-12H2,1-6H3,(H,23,27). The molecule has 9 heteroatoms. The van der Waals surface area contributed by atoms with Gasteiger partial charge in [0.2, 0.25) is 5.91 Å². The van der Waals surface area contributed by atoms with Gasteiger partial charge in [0.25, 0.3) is 0 Å². The zero-order chi connectivity index (χ0) is 22.7. The second-order valence-corrected chi connectivity index (χ2v) is 10.0. The van der Waals surface area contributed by atoms with Crippen LogP contribution >= 0.6 is 11.8 Å². The third kappa shape index (κ3) is 6.62. The highest BCUT2D eigenvalue weighted by Gasteiger charge is 2.44. The molecule has 2 rings (SSSR count). The molecule has 0 spiro atoms. The first kappa shape index (κ1) is 24.0. The van der Waals surface area contributed by atoms with Crippen LogP contribution in [0.2, 0.25) is 0 Å². The lowest BCUT2D eigenvalue weighted by Gasteiger charge is -2.31. The number of thioether (sulfide) groups is 1. The minimum absolute atomic E-state index is 0.256. The number of alkyl carbamates (subject to hydrolysis) is 1. The van der Waals surface area contributed by atoms with Crippen molar-refractivity contribution in [2.75, 3.05) is 12.3 Å². The first-order chi connectivity index (χ1) is 13.8. The van der Waals surface area contributed by atoms with Crippen molar-refractivity contribution in [3.8, 4) is 0 Å². The van der Waals surface area contributed by atoms with Gasteiger partial charge in [0.05, 0.1) is 0 Å². The van der Waals surface area contributed by atoms with Gasteiger partial charge in [-0.3, -0.25) is 4.79 Å². The van der Waals surface area contributed by atoms with Crippen LogP contribution in [0, 0.1) is 5.82 Å². The molecule has 1 fully saturated rings. The molecule has 7 nitrogen and oxygen atoms in total. The number of ether oxygens (including phenoxy) is 2. The van der Waals surface area contributed by atoms with Crippen LogP contribution in [0.15, 0.2) is 24.3 Å². The highest BCUT2D eigenvalue weighted by Crippen LogP contribution is 2.42. The zero-order valence-corrected chi connectivity index (χ0v) is 19.0. The Balaban J connectivity index is 2.23. The van der Waals surface area contributed by atoms with Crippen LogP contribution < -0.4 is 5.32 Å². The fraction of sp³-hybridized carbons (Fsp3) is 0.571. The second kappa shape index (κ2) is 9.24. The number of hydrogen-bond acceptors (Lipinski definition) is 6. The fourth-order valence-corrected chi connectivity index (χ4v) is 4.29. The molecule has 0 radical (unpaired) electrons. The van der Waals surface area contributed by atoms with Gasteiger partial charge in [0.1, 0.15) is 35.0 Å². The van der Waals surface area contributed by atoms with Gasteiger partial charge in [0.15, 0.2) is 0 Å². The van der Waals surface area contributed by atoms with Crippen molar-refractivity contribution in [3.05, 3.63) is 35.6 Å². The van der Waals surface area contributed by atoms with Gasteiger partial charge in [-0.1, -0.05) is 18.2 Å². The molecule has 0 aliphatic carbocycles. The van der Waals surface area contributed by atoms with Crippen molar-refractivity contribution >= 4 is 29.7 Å². The molecule has 30 heavy (non-hydrogen) atoms. The summed E-state index contributed by atoms with van der Waals surface area (Å²) >= 11 is 1.27. The van der Waals surface area contributed by atoms with E-state index in [4.69, 9.17) is 9.47 Å². The second-order valence-electron chi connectivity index (χ2n) is 8.91. The number of carbonyl (C=O) groups excluding carboxylic acids is 3. The molecule has 1 heterocycles. The van der Waals surface area contributed by atoms with E-state index in [9.17, 15) is 18.8 Å². The Morgan fingerprint density at radius 2 is 1.70 bits per heavy atom. The van der Waals surface area contributed by atoms with E-state index in [-0.39, 0.29) is 12.3 Å². The largest absolute Gasteiger partial charge is 0.458 e. The minimum atomic E-state index is -0.897. The lowest BCUT2D eigenvalue weighted by atomic mass is 10.1. The molecule has 2 unspecified atom stereocenters. The molecule has 1 aliphatic rings. The van der Waals surface area contributed by atoms with Crippen molar-refractivity contribution in [1.29, 1.82) is 0 Å². The number of nitrogens with one attached hydrogen (secondary N) is 1. The summed E-state index contributed by atoms with van der Waals surface area (Å²) in [6.07, 6.45) is -0.751. The van der Waals surface area contributed by atoms with Crippen LogP contribution in [0.4, 0.5) is 9.18 Å². The molecule has 166 valence electrons. The number of benzene rings is 1. The Bertz CT molecular complexity index is 803. The van der Waals surface area contributed by atoms with Gasteiger partial charge in [-0.05, 0) is 47.6 Å². The number of rotatable bonds is 4. The van der Waals surface area contributed by atoms with E-state index in [1.807, 2.05) is 0 Å². The molecule has 1 aromatic rings. The summed E-state index contributed by atoms with van der Waals surface area (Å²) in [6, 6.07) is 5.21. The third-order valence-electron chi connectivity index (χ3n) is 3.92. The van der Waals surface area contributed by atoms with Crippen molar-refractivity contribution in [1.82, 2.24) is 10.2 Å². The Morgan fingerprint density at radius 3 is 2.27 bits per heavy atom. The van der Waals surface area contributed by atoms with E-state index in [0.717, 1.165) is 0 Å². The monoisotopic (exact) mass is 440 g/mol. The number of nitrogens with zero attached hydrogens (tertiary/aromatic N) is 1. The average Bonchev–Trinajstić information content (AvgIpc) is 3.02. The van der Waals surface area contributed by atoms with Crippen molar-refractivity contribution < 1.29 is 28.2 Å². The highest BCUT2D eigenvalue weighted by atomic mass is 32.2. The summed E-state index contributed by atoms with van der Waals surface area (Å²) in [6.45, 7) is 9.93. The topological polar surface area (TPSA) is 84.9 Å². The quantitative estimate of drug-likeness (QED) is 0.720. The molecular weight excluding hydrogens is 411 g/mol. The van der Waals surface area contributed by atoms with Gasteiger partial charge >= 0.3 is 12.1 Å². The Labute approximate surface area is 180 Å². The number of esters is 1. The van der Waals surface area contributed by atoms with Gasteiger partial charge in [-0.15, -0.1) is 11.8 Å². The van der Waals surface area contributed by atoms with Crippen LogP contribution in [0.5, 0.6) is 0 Å². The molecule has 0 bridgehead atoms. The molecule has 1 N–H and O–H groups in total. The summed E-state index contributed by atoms with van der Waals surface area (Å²) in [7, 11) is 0. The summed E-state index contributed by atoms with van der Waals surface area (Å²) < 4.78 is 25.0. The summed E-state index contributed by atoms with van der Waals surface area (Å²) in [4.78, 5) is 38.9. The van der Waals surface area contributed by atoms with Crippen molar-refractivity contribution in [2.24, 2.45) is 0 Å². The summed E-state index contributed by atoms with van der Waals surface area (Å²) in [5.74, 6) is -1.32. The molecule has 2 atom stereocenters. The number of amides is 2. The average molecular weight is 441 g/mol. The van der Waals surface area contributed by atoms with E-state index in [1.165, 1.54) is 22.7 Å². The number of halogens is 1. The van der Waals surface area contributed by atoms with Crippen LogP contribution in [0.1, 0.15) is 52.5 Å². The van der Waals surface area contributed by atoms with E-state index >= 15 is 0 Å². The molecule has 1 aliphatic heterocycles. The van der Waals surface area contributed by atoms with Crippen LogP contribution in [0.3, 0.4) is 0 Å². The number of carbonyl (C=O) groups is 3. The summed E-state index contributed by atoms with van der Waals surface area (Å²) in [5.41, 5.74) is -1.16. The summed E-state index contributed by atoms with van der Waals surface area (Å²) in [5, 5.41) is 1.69. The minimum Gasteiger partial charge on any atom is -0.458 e. The lowest BCUT2D eigenvalue weighted by Crippen LogP contribution is -2.49. The molecule has 2 amide bonds. The van der Waals surface area contributed by atoms with E-state index < -0.39 is 46.4 Å². The van der Waals surface area contributed by atoms with Crippen LogP contribution in [-0.4, -0.2) is 52.4 Å². The van der Waals surface area contributed by atoms with Crippen molar-refractivity contribution in [3.63, 3.8) is 0 Å². The van der Waals surface area contributed by atoms with E-state index in [2.05, 4.69) is 5.32 Å². The lowest BCUT2D eigenvalue weighted by molar-refractivity contribution is -0.163. The normalized spacial score (nSPS) is 19.4. The highest BCUT2D eigenvalue weighted by molar-refractivity contribution is 7.99. The van der Waals surface area contributed by atoms with E-state index in [0.29, 0.717) is 5.56 Å². The van der Waals surface area contributed by atoms with E-state index in [1.54, 1.807) is 59.7 Å². The molecule has 1 aromatic carbocycles. The Hall–Kier alpha value is -2.29. The molecule has 0 aromatic heterocycles. The molecule has 0 saturated carbocycles. The first-order valence-electron chi connectivity index (χ1n) is 9.65. The predicted octanol–water partition coefficient (Wildman–Crippen LogP) is 3.63. The fourth-order valence-electron chi connectivity index (χ4n) is 2.83. The first-order valence-corrected chi connectivity index (χ1v) is 10.7. The Morgan fingerprint density at radius 1 is 1.10 bits per heavy atom. The third-order valence-corrected chi connectivity index (χ3v) is 5.23.